The maximum atomic E-state index is 11.4. The summed E-state index contributed by atoms with van der Waals surface area (Å²) < 4.78 is 22.8. The van der Waals surface area contributed by atoms with E-state index in [0.29, 0.717) is 6.54 Å². The van der Waals surface area contributed by atoms with Crippen LogP contribution in [-0.4, -0.2) is 26.5 Å². The van der Waals surface area contributed by atoms with Crippen molar-refractivity contribution in [2.45, 2.75) is 33.7 Å². The minimum Gasteiger partial charge on any atom is -0.309 e. The SMILES string of the molecule is CCS(=O)(=O)CCNC(C)c1cc(C)ccc1C. The first-order chi connectivity index (χ1) is 8.35. The quantitative estimate of drug-likeness (QED) is 0.862. The van der Waals surface area contributed by atoms with Gasteiger partial charge in [0.15, 0.2) is 9.84 Å². The van der Waals surface area contributed by atoms with Crippen molar-refractivity contribution in [2.24, 2.45) is 0 Å². The fraction of sp³-hybridized carbons (Fsp3) is 0.571. The molecule has 0 aliphatic carbocycles. The predicted octanol–water partition coefficient (Wildman–Crippen LogP) is 2.39. The normalized spacial score (nSPS) is 13.6. The van der Waals surface area contributed by atoms with E-state index in [-0.39, 0.29) is 17.5 Å². The third kappa shape index (κ3) is 4.42. The first-order valence-corrected chi connectivity index (χ1v) is 8.19. The van der Waals surface area contributed by atoms with Gasteiger partial charge in [-0.3, -0.25) is 0 Å². The number of aryl methyl sites for hydroxylation is 2. The standard InChI is InChI=1S/C14H23NO2S/c1-5-18(16,17)9-8-15-13(4)14-10-11(2)6-7-12(14)3/h6-7,10,13,15H,5,8-9H2,1-4H3. The molecule has 3 nitrogen and oxygen atoms in total. The Labute approximate surface area is 111 Å². The topological polar surface area (TPSA) is 46.2 Å². The van der Waals surface area contributed by atoms with Gasteiger partial charge >= 0.3 is 0 Å². The molecule has 1 unspecified atom stereocenters. The van der Waals surface area contributed by atoms with Crippen LogP contribution in [0.4, 0.5) is 0 Å². The number of rotatable bonds is 6. The summed E-state index contributed by atoms with van der Waals surface area (Å²) in [5, 5.41) is 3.28. The van der Waals surface area contributed by atoms with E-state index in [9.17, 15) is 8.42 Å². The molecule has 0 radical (unpaired) electrons. The highest BCUT2D eigenvalue weighted by Gasteiger charge is 2.11. The van der Waals surface area contributed by atoms with E-state index in [1.807, 2.05) is 0 Å². The zero-order valence-corrected chi connectivity index (χ0v) is 12.5. The second-order valence-electron chi connectivity index (χ2n) is 4.77. The average molecular weight is 269 g/mol. The van der Waals surface area contributed by atoms with Crippen LogP contribution in [0.3, 0.4) is 0 Å². The Morgan fingerprint density at radius 1 is 1.28 bits per heavy atom. The smallest absolute Gasteiger partial charge is 0.151 e. The van der Waals surface area contributed by atoms with Crippen molar-refractivity contribution in [3.05, 3.63) is 34.9 Å². The molecule has 102 valence electrons. The maximum absolute atomic E-state index is 11.4. The van der Waals surface area contributed by atoms with Crippen molar-refractivity contribution in [1.29, 1.82) is 0 Å². The lowest BCUT2D eigenvalue weighted by Gasteiger charge is -2.17. The average Bonchev–Trinajstić information content (AvgIpc) is 2.32. The van der Waals surface area contributed by atoms with Crippen LogP contribution >= 0.6 is 0 Å². The van der Waals surface area contributed by atoms with Gasteiger partial charge in [-0.25, -0.2) is 8.42 Å². The molecule has 1 N–H and O–H groups in total. The summed E-state index contributed by atoms with van der Waals surface area (Å²) >= 11 is 0. The van der Waals surface area contributed by atoms with Gasteiger partial charge in [0.05, 0.1) is 5.75 Å². The molecule has 1 aromatic carbocycles. The highest BCUT2D eigenvalue weighted by Crippen LogP contribution is 2.18. The number of hydrogen-bond acceptors (Lipinski definition) is 3. The van der Waals surface area contributed by atoms with E-state index in [4.69, 9.17) is 0 Å². The van der Waals surface area contributed by atoms with E-state index < -0.39 is 9.84 Å². The summed E-state index contributed by atoms with van der Waals surface area (Å²) in [5.74, 6) is 0.422. The van der Waals surface area contributed by atoms with Crippen LogP contribution < -0.4 is 5.32 Å². The van der Waals surface area contributed by atoms with Gasteiger partial charge in [0.2, 0.25) is 0 Å². The second-order valence-corrected chi connectivity index (χ2v) is 7.24. The number of nitrogens with one attached hydrogen (secondary N) is 1. The molecular formula is C14H23NO2S. The zero-order valence-electron chi connectivity index (χ0n) is 11.7. The lowest BCUT2D eigenvalue weighted by molar-refractivity contribution is 0.571. The Bertz CT molecular complexity index is 495. The fourth-order valence-electron chi connectivity index (χ4n) is 1.91. The Morgan fingerprint density at radius 3 is 2.56 bits per heavy atom. The van der Waals surface area contributed by atoms with Gasteiger partial charge in [0.25, 0.3) is 0 Å². The van der Waals surface area contributed by atoms with E-state index in [1.165, 1.54) is 16.7 Å². The Hall–Kier alpha value is -0.870. The third-order valence-electron chi connectivity index (χ3n) is 3.20. The van der Waals surface area contributed by atoms with Crippen LogP contribution in [0.25, 0.3) is 0 Å². The minimum absolute atomic E-state index is 0.178. The monoisotopic (exact) mass is 269 g/mol. The van der Waals surface area contributed by atoms with Crippen LogP contribution in [0.5, 0.6) is 0 Å². The molecule has 0 spiro atoms. The molecule has 0 saturated heterocycles. The second kappa shape index (κ2) is 6.34. The molecule has 0 aliphatic rings. The molecular weight excluding hydrogens is 246 g/mol. The Morgan fingerprint density at radius 2 is 1.94 bits per heavy atom. The van der Waals surface area contributed by atoms with Crippen LogP contribution in [0.1, 0.15) is 36.6 Å². The van der Waals surface area contributed by atoms with E-state index in [2.05, 4.69) is 44.3 Å². The molecule has 0 saturated carbocycles. The van der Waals surface area contributed by atoms with Gasteiger partial charge in [0.1, 0.15) is 0 Å². The van der Waals surface area contributed by atoms with Crippen LogP contribution in [0.2, 0.25) is 0 Å². The summed E-state index contributed by atoms with van der Waals surface area (Å²) in [7, 11) is -2.88. The highest BCUT2D eigenvalue weighted by atomic mass is 32.2. The fourth-order valence-corrected chi connectivity index (χ4v) is 2.63. The van der Waals surface area contributed by atoms with Crippen molar-refractivity contribution in [1.82, 2.24) is 5.32 Å². The summed E-state index contributed by atoms with van der Waals surface area (Å²) in [6, 6.07) is 6.53. The van der Waals surface area contributed by atoms with E-state index in [1.54, 1.807) is 6.92 Å². The number of sulfone groups is 1. The highest BCUT2D eigenvalue weighted by molar-refractivity contribution is 7.91. The Balaban J connectivity index is 2.61. The summed E-state index contributed by atoms with van der Waals surface area (Å²) in [5.41, 5.74) is 3.70. The molecule has 0 amide bonds. The maximum Gasteiger partial charge on any atom is 0.151 e. The van der Waals surface area contributed by atoms with Crippen molar-refractivity contribution >= 4 is 9.84 Å². The molecule has 0 heterocycles. The molecule has 1 aromatic rings. The molecule has 1 rings (SSSR count). The predicted molar refractivity (Wildman–Crippen MR) is 76.7 cm³/mol. The van der Waals surface area contributed by atoms with Gasteiger partial charge < -0.3 is 5.32 Å². The zero-order chi connectivity index (χ0) is 13.8. The van der Waals surface area contributed by atoms with Crippen molar-refractivity contribution in [3.8, 4) is 0 Å². The van der Waals surface area contributed by atoms with Gasteiger partial charge in [-0.15, -0.1) is 0 Å². The third-order valence-corrected chi connectivity index (χ3v) is 4.91. The van der Waals surface area contributed by atoms with Crippen LogP contribution in [-0.2, 0) is 9.84 Å². The largest absolute Gasteiger partial charge is 0.309 e. The summed E-state index contributed by atoms with van der Waals surface area (Å²) in [6.07, 6.45) is 0. The lowest BCUT2D eigenvalue weighted by atomic mass is 10.00. The first-order valence-electron chi connectivity index (χ1n) is 6.36. The van der Waals surface area contributed by atoms with Crippen LogP contribution in [0.15, 0.2) is 18.2 Å². The number of hydrogen-bond donors (Lipinski definition) is 1. The van der Waals surface area contributed by atoms with Crippen molar-refractivity contribution < 1.29 is 8.42 Å². The molecule has 4 heteroatoms. The molecule has 0 bridgehead atoms. The van der Waals surface area contributed by atoms with E-state index >= 15 is 0 Å². The summed E-state index contributed by atoms with van der Waals surface area (Å²) in [6.45, 7) is 8.40. The Kier molecular flexibility index (Phi) is 5.35. The minimum atomic E-state index is -2.88. The molecule has 1 atom stereocenters. The summed E-state index contributed by atoms with van der Waals surface area (Å²) in [4.78, 5) is 0. The van der Waals surface area contributed by atoms with Gasteiger partial charge in [0, 0.05) is 18.3 Å². The molecule has 0 aromatic heterocycles. The lowest BCUT2D eigenvalue weighted by Crippen LogP contribution is -2.26. The van der Waals surface area contributed by atoms with Crippen LogP contribution in [0, 0.1) is 13.8 Å². The first kappa shape index (κ1) is 15.2. The van der Waals surface area contributed by atoms with E-state index in [0.717, 1.165) is 0 Å². The molecule has 0 aliphatic heterocycles. The number of benzene rings is 1. The van der Waals surface area contributed by atoms with Crippen molar-refractivity contribution in [3.63, 3.8) is 0 Å². The molecule has 0 fully saturated rings. The van der Waals surface area contributed by atoms with Crippen molar-refractivity contribution in [2.75, 3.05) is 18.1 Å². The van der Waals surface area contributed by atoms with Gasteiger partial charge in [-0.2, -0.15) is 0 Å². The van der Waals surface area contributed by atoms with Gasteiger partial charge in [-0.1, -0.05) is 30.7 Å². The molecule has 18 heavy (non-hydrogen) atoms. The van der Waals surface area contributed by atoms with Gasteiger partial charge in [-0.05, 0) is 31.9 Å².